The Kier molecular flexibility index (Phi) is 2.59. The molecule has 82 valence electrons. The van der Waals surface area contributed by atoms with Gasteiger partial charge in [0.1, 0.15) is 12.0 Å². The number of hydrogen-bond acceptors (Lipinski definition) is 4. The molecule has 0 atom stereocenters. The summed E-state index contributed by atoms with van der Waals surface area (Å²) in [6, 6.07) is 5.02. The summed E-state index contributed by atoms with van der Waals surface area (Å²) in [5.74, 6) is 0.743. The second kappa shape index (κ2) is 4.06. The minimum atomic E-state index is -0.290. The molecule has 0 saturated heterocycles. The van der Waals surface area contributed by atoms with Crippen molar-refractivity contribution in [3.63, 3.8) is 0 Å². The summed E-state index contributed by atoms with van der Waals surface area (Å²) in [5.41, 5.74) is 6.53. The fourth-order valence-electron chi connectivity index (χ4n) is 1.26. The number of anilines is 2. The van der Waals surface area contributed by atoms with E-state index in [9.17, 15) is 4.79 Å². The van der Waals surface area contributed by atoms with E-state index in [2.05, 4.69) is 10.3 Å². The van der Waals surface area contributed by atoms with Crippen LogP contribution >= 0.6 is 0 Å². The number of nitrogen functional groups attached to an aromatic ring is 1. The molecule has 16 heavy (non-hydrogen) atoms. The maximum Gasteiger partial charge on any atom is 0.260 e. The molecule has 0 radical (unpaired) electrons. The summed E-state index contributed by atoms with van der Waals surface area (Å²) in [6.45, 7) is 1.77. The molecule has 1 amide bonds. The highest BCUT2D eigenvalue weighted by Crippen LogP contribution is 2.15. The Labute approximate surface area is 92.3 Å². The highest BCUT2D eigenvalue weighted by atomic mass is 16.3. The van der Waals surface area contributed by atoms with E-state index in [4.69, 9.17) is 10.2 Å². The second-order valence-corrected chi connectivity index (χ2v) is 3.34. The Morgan fingerprint density at radius 1 is 1.56 bits per heavy atom. The van der Waals surface area contributed by atoms with Crippen LogP contribution in [0.25, 0.3) is 0 Å². The molecule has 0 aliphatic rings. The minimum absolute atomic E-state index is 0.290. The lowest BCUT2D eigenvalue weighted by Crippen LogP contribution is -2.13. The topological polar surface area (TPSA) is 81.2 Å². The summed E-state index contributed by atoms with van der Waals surface area (Å²) in [5, 5.41) is 2.60. The average Bonchev–Trinajstić information content (AvgIpc) is 2.68. The minimum Gasteiger partial charge on any atom is -0.469 e. The highest BCUT2D eigenvalue weighted by Gasteiger charge is 2.10. The zero-order chi connectivity index (χ0) is 11.5. The van der Waals surface area contributed by atoms with Crippen molar-refractivity contribution >= 4 is 17.4 Å². The van der Waals surface area contributed by atoms with Crippen LogP contribution in [-0.4, -0.2) is 10.9 Å². The number of aromatic nitrogens is 1. The van der Waals surface area contributed by atoms with Crippen molar-refractivity contribution in [2.24, 2.45) is 0 Å². The van der Waals surface area contributed by atoms with Gasteiger partial charge in [-0.05, 0) is 25.1 Å². The molecule has 3 N–H and O–H groups in total. The first-order valence-electron chi connectivity index (χ1n) is 4.74. The molecule has 0 bridgehead atoms. The normalized spacial score (nSPS) is 10.1. The van der Waals surface area contributed by atoms with Crippen LogP contribution in [0.5, 0.6) is 0 Å². The van der Waals surface area contributed by atoms with Gasteiger partial charge in [-0.3, -0.25) is 4.79 Å². The van der Waals surface area contributed by atoms with Crippen LogP contribution in [0.2, 0.25) is 0 Å². The first-order chi connectivity index (χ1) is 7.66. The van der Waals surface area contributed by atoms with Gasteiger partial charge >= 0.3 is 0 Å². The SMILES string of the molecule is Cc1cc(C(=O)Nc2ncccc2N)co1. The molecule has 0 unspecified atom stereocenters. The summed E-state index contributed by atoms with van der Waals surface area (Å²) in [6.07, 6.45) is 2.95. The summed E-state index contributed by atoms with van der Waals surface area (Å²) < 4.78 is 5.04. The summed E-state index contributed by atoms with van der Waals surface area (Å²) in [4.78, 5) is 15.7. The molecule has 2 aromatic rings. The Balaban J connectivity index is 2.17. The Morgan fingerprint density at radius 3 is 3.00 bits per heavy atom. The predicted octanol–water partition coefficient (Wildman–Crippen LogP) is 1.82. The lowest BCUT2D eigenvalue weighted by atomic mass is 10.3. The van der Waals surface area contributed by atoms with Crippen LogP contribution in [0, 0.1) is 6.92 Å². The van der Waals surface area contributed by atoms with Crippen LogP contribution in [0.1, 0.15) is 16.1 Å². The number of rotatable bonds is 2. The Morgan fingerprint density at radius 2 is 2.38 bits per heavy atom. The Bertz CT molecular complexity index is 519. The van der Waals surface area contributed by atoms with Gasteiger partial charge in [-0.2, -0.15) is 0 Å². The van der Waals surface area contributed by atoms with E-state index in [1.165, 1.54) is 6.26 Å². The van der Waals surface area contributed by atoms with E-state index in [0.29, 0.717) is 22.8 Å². The van der Waals surface area contributed by atoms with Crippen molar-refractivity contribution in [1.29, 1.82) is 0 Å². The van der Waals surface area contributed by atoms with E-state index in [-0.39, 0.29) is 5.91 Å². The lowest BCUT2D eigenvalue weighted by Gasteiger charge is -2.04. The molecule has 5 heteroatoms. The number of nitrogens with two attached hydrogens (primary N) is 1. The number of carbonyl (C=O) groups excluding carboxylic acids is 1. The number of nitrogens with zero attached hydrogens (tertiary/aromatic N) is 1. The van der Waals surface area contributed by atoms with Gasteiger partial charge in [-0.25, -0.2) is 4.98 Å². The van der Waals surface area contributed by atoms with Crippen molar-refractivity contribution in [1.82, 2.24) is 4.98 Å². The molecule has 0 aliphatic carbocycles. The molecule has 2 heterocycles. The van der Waals surface area contributed by atoms with E-state index in [1.807, 2.05) is 0 Å². The molecule has 2 aromatic heterocycles. The standard InChI is InChI=1S/C11H11N3O2/c1-7-5-8(6-16-7)11(15)14-10-9(12)3-2-4-13-10/h2-6H,12H2,1H3,(H,13,14,15). The van der Waals surface area contributed by atoms with E-state index >= 15 is 0 Å². The van der Waals surface area contributed by atoms with Crippen molar-refractivity contribution in [3.8, 4) is 0 Å². The van der Waals surface area contributed by atoms with Gasteiger partial charge in [0.05, 0.1) is 11.3 Å². The molecule has 0 fully saturated rings. The van der Waals surface area contributed by atoms with Crippen molar-refractivity contribution in [3.05, 3.63) is 42.0 Å². The first-order valence-corrected chi connectivity index (χ1v) is 4.74. The average molecular weight is 217 g/mol. The van der Waals surface area contributed by atoms with E-state index < -0.39 is 0 Å². The van der Waals surface area contributed by atoms with Gasteiger partial charge in [0.25, 0.3) is 5.91 Å². The molecular formula is C11H11N3O2. The number of hydrogen-bond donors (Lipinski definition) is 2. The van der Waals surface area contributed by atoms with Crippen molar-refractivity contribution in [2.45, 2.75) is 6.92 Å². The molecule has 0 spiro atoms. The smallest absolute Gasteiger partial charge is 0.260 e. The van der Waals surface area contributed by atoms with Gasteiger partial charge in [0.2, 0.25) is 0 Å². The van der Waals surface area contributed by atoms with Crippen LogP contribution < -0.4 is 11.1 Å². The highest BCUT2D eigenvalue weighted by molar-refractivity contribution is 6.04. The van der Waals surface area contributed by atoms with E-state index in [0.717, 1.165) is 0 Å². The van der Waals surface area contributed by atoms with Crippen LogP contribution in [0.15, 0.2) is 35.1 Å². The number of nitrogens with one attached hydrogen (secondary N) is 1. The summed E-state index contributed by atoms with van der Waals surface area (Å²) >= 11 is 0. The van der Waals surface area contributed by atoms with E-state index in [1.54, 1.807) is 31.3 Å². The molecule has 0 aromatic carbocycles. The molecule has 0 aliphatic heterocycles. The van der Waals surface area contributed by atoms with Crippen molar-refractivity contribution < 1.29 is 9.21 Å². The predicted molar refractivity (Wildman–Crippen MR) is 60.0 cm³/mol. The van der Waals surface area contributed by atoms with Gasteiger partial charge < -0.3 is 15.5 Å². The molecule has 2 rings (SSSR count). The maximum absolute atomic E-state index is 11.7. The van der Waals surface area contributed by atoms with Crippen molar-refractivity contribution in [2.75, 3.05) is 11.1 Å². The summed E-state index contributed by atoms with van der Waals surface area (Å²) in [7, 11) is 0. The van der Waals surface area contributed by atoms with Gasteiger partial charge in [-0.1, -0.05) is 0 Å². The van der Waals surface area contributed by atoms with Crippen LogP contribution in [0.3, 0.4) is 0 Å². The fourth-order valence-corrected chi connectivity index (χ4v) is 1.26. The third kappa shape index (κ3) is 2.03. The third-order valence-corrected chi connectivity index (χ3v) is 2.06. The number of furan rings is 1. The quantitative estimate of drug-likeness (QED) is 0.803. The molecule has 0 saturated carbocycles. The monoisotopic (exact) mass is 217 g/mol. The maximum atomic E-state index is 11.7. The first kappa shape index (κ1) is 10.2. The van der Waals surface area contributed by atoms with Gasteiger partial charge in [-0.15, -0.1) is 0 Å². The van der Waals surface area contributed by atoms with Gasteiger partial charge in [0.15, 0.2) is 5.82 Å². The molecule has 5 nitrogen and oxygen atoms in total. The van der Waals surface area contributed by atoms with Crippen LogP contribution in [-0.2, 0) is 0 Å². The number of aryl methyl sites for hydroxylation is 1. The van der Waals surface area contributed by atoms with Crippen LogP contribution in [0.4, 0.5) is 11.5 Å². The number of pyridine rings is 1. The zero-order valence-electron chi connectivity index (χ0n) is 8.73. The van der Waals surface area contributed by atoms with Gasteiger partial charge in [0, 0.05) is 6.20 Å². The fraction of sp³-hybridized carbons (Fsp3) is 0.0909. The second-order valence-electron chi connectivity index (χ2n) is 3.34. The number of amides is 1. The number of carbonyl (C=O) groups is 1. The third-order valence-electron chi connectivity index (χ3n) is 2.06. The largest absolute Gasteiger partial charge is 0.469 e. The zero-order valence-corrected chi connectivity index (χ0v) is 8.73. The molecular weight excluding hydrogens is 206 g/mol. The Hall–Kier alpha value is -2.30. The lowest BCUT2D eigenvalue weighted by molar-refractivity contribution is 0.102.